The second kappa shape index (κ2) is 12.8. The maximum Gasteiger partial charge on any atom is 0.262 e. The molecular formula is C39H37N3S2+2. The number of aromatic nitrogens is 1. The summed E-state index contributed by atoms with van der Waals surface area (Å²) >= 11 is 3.77. The zero-order valence-electron chi connectivity index (χ0n) is 25.2. The second-order valence-corrected chi connectivity index (χ2v) is 13.2. The highest BCUT2D eigenvalue weighted by Gasteiger charge is 2.30. The van der Waals surface area contributed by atoms with Crippen molar-refractivity contribution in [2.24, 2.45) is 0 Å². The number of quaternary nitrogens is 1. The number of rotatable bonds is 8. The number of nitrogens with one attached hydrogen (secondary N) is 1. The number of allylic oxidation sites excluding steroid dienone is 5. The van der Waals surface area contributed by atoms with Crippen LogP contribution in [0.4, 0.5) is 17.1 Å². The van der Waals surface area contributed by atoms with Crippen molar-refractivity contribution >= 4 is 56.5 Å². The van der Waals surface area contributed by atoms with Crippen LogP contribution in [0.5, 0.6) is 0 Å². The van der Waals surface area contributed by atoms with Gasteiger partial charge in [0.15, 0.2) is 10.7 Å². The van der Waals surface area contributed by atoms with E-state index in [2.05, 4.69) is 157 Å². The lowest BCUT2D eigenvalue weighted by Gasteiger charge is -2.28. The maximum atomic E-state index is 2.46. The third-order valence-corrected chi connectivity index (χ3v) is 10.7. The summed E-state index contributed by atoms with van der Waals surface area (Å²) in [5, 5.41) is 2.65. The molecule has 0 fully saturated rings. The Balaban J connectivity index is 1.36. The highest BCUT2D eigenvalue weighted by Crippen LogP contribution is 2.42. The minimum absolute atomic E-state index is 0.949. The average molecular weight is 612 g/mol. The largest absolute Gasteiger partial charge is 0.310 e. The Kier molecular flexibility index (Phi) is 8.34. The molecule has 1 aliphatic heterocycles. The molecule has 0 bridgehead atoms. The summed E-state index contributed by atoms with van der Waals surface area (Å²) in [6, 6.07) is 39.2. The van der Waals surface area contributed by atoms with Crippen molar-refractivity contribution in [3.05, 3.63) is 154 Å². The summed E-state index contributed by atoms with van der Waals surface area (Å²) < 4.78 is 3.76. The Morgan fingerprint density at radius 2 is 1.43 bits per heavy atom. The van der Waals surface area contributed by atoms with Crippen LogP contribution in [0, 0.1) is 0 Å². The minimum Gasteiger partial charge on any atom is -0.310 e. The Morgan fingerprint density at radius 3 is 2.16 bits per heavy atom. The molecule has 5 aromatic rings. The number of aryl methyl sites for hydroxylation is 1. The van der Waals surface area contributed by atoms with Crippen molar-refractivity contribution in [3.63, 3.8) is 0 Å². The molecule has 0 saturated heterocycles. The van der Waals surface area contributed by atoms with Gasteiger partial charge < -0.3 is 4.90 Å². The normalized spacial score (nSPS) is 18.3. The number of para-hydroxylation sites is 4. The van der Waals surface area contributed by atoms with Crippen LogP contribution in [0.1, 0.15) is 31.7 Å². The van der Waals surface area contributed by atoms with E-state index in [1.807, 2.05) is 23.1 Å². The number of nitrogens with zero attached hydrogens (tertiary/aromatic N) is 2. The first-order valence-corrected chi connectivity index (χ1v) is 17.2. The number of thioether (sulfide) groups is 1. The van der Waals surface area contributed by atoms with Crippen molar-refractivity contribution in [1.82, 2.24) is 0 Å². The highest BCUT2D eigenvalue weighted by molar-refractivity contribution is 8.03. The number of fused-ring (bicyclic) bond motifs is 2. The Morgan fingerprint density at radius 1 is 0.750 bits per heavy atom. The second-order valence-electron chi connectivity index (χ2n) is 11.0. The van der Waals surface area contributed by atoms with Gasteiger partial charge in [0.25, 0.3) is 5.01 Å². The molecule has 1 atom stereocenters. The fourth-order valence-corrected chi connectivity index (χ4v) is 8.68. The third kappa shape index (κ3) is 5.48. The summed E-state index contributed by atoms with van der Waals surface area (Å²) in [7, 11) is 0. The molecule has 4 aromatic carbocycles. The van der Waals surface area contributed by atoms with E-state index in [-0.39, 0.29) is 0 Å². The van der Waals surface area contributed by atoms with E-state index in [9.17, 15) is 0 Å². The fourth-order valence-electron chi connectivity index (χ4n) is 6.35. The van der Waals surface area contributed by atoms with E-state index >= 15 is 0 Å². The fraction of sp³-hybridized carbons (Fsp3) is 0.154. The smallest absolute Gasteiger partial charge is 0.262 e. The molecule has 44 heavy (non-hydrogen) atoms. The van der Waals surface area contributed by atoms with E-state index in [1.165, 1.54) is 64.0 Å². The quantitative estimate of drug-likeness (QED) is 0.176. The molecule has 5 heteroatoms. The number of benzene rings is 4. The van der Waals surface area contributed by atoms with Crippen LogP contribution in [0.25, 0.3) is 16.3 Å². The molecular weight excluding hydrogens is 575 g/mol. The van der Waals surface area contributed by atoms with Gasteiger partial charge in [-0.25, -0.2) is 0 Å². The van der Waals surface area contributed by atoms with E-state index in [0.29, 0.717) is 0 Å². The molecule has 0 amide bonds. The molecule has 1 N–H and O–H groups in total. The van der Waals surface area contributed by atoms with Gasteiger partial charge in [0.1, 0.15) is 11.2 Å². The van der Waals surface area contributed by atoms with Gasteiger partial charge in [0.2, 0.25) is 5.52 Å². The molecule has 1 unspecified atom stereocenters. The van der Waals surface area contributed by atoms with E-state index < -0.39 is 0 Å². The van der Waals surface area contributed by atoms with Gasteiger partial charge in [-0.1, -0.05) is 78.1 Å². The molecule has 1 aromatic heterocycles. The first-order valence-electron chi connectivity index (χ1n) is 15.5. The molecule has 2 aliphatic rings. The summed E-state index contributed by atoms with van der Waals surface area (Å²) in [4.78, 5) is 5.27. The molecule has 3 nitrogen and oxygen atoms in total. The third-order valence-electron chi connectivity index (χ3n) is 8.42. The van der Waals surface area contributed by atoms with Crippen LogP contribution >= 0.6 is 23.1 Å². The lowest BCUT2D eigenvalue weighted by atomic mass is 10.1. The number of anilines is 2. The molecule has 0 radical (unpaired) electrons. The average Bonchev–Trinajstić information content (AvgIpc) is 3.76. The van der Waals surface area contributed by atoms with Crippen molar-refractivity contribution in [2.45, 2.75) is 38.1 Å². The standard InChI is InChI=1S/C39H36N3S2/c1-3-40-33-19-11-13-21-35(33)43-37(40)27-25-29-23-24-30(26-28-38-41(4-2)34-20-12-14-22-36(34)44-38)39(29)42(31-15-7-5-8-16-31)32-17-9-6-10-18-32/h5-22,25-28H,3-4,23-24H2,1-2H3/q+1/p+1. The van der Waals surface area contributed by atoms with Gasteiger partial charge in [-0.05, 0) is 92.1 Å². The molecule has 7 rings (SSSR count). The van der Waals surface area contributed by atoms with E-state index in [1.54, 1.807) is 0 Å². The monoisotopic (exact) mass is 611 g/mol. The summed E-state index contributed by atoms with van der Waals surface area (Å²) in [6.45, 7) is 6.48. The predicted octanol–water partition coefficient (Wildman–Crippen LogP) is 9.22. The van der Waals surface area contributed by atoms with Gasteiger partial charge >= 0.3 is 0 Å². The SMILES string of the molecule is CC[n+]1c(C=CC2=C(N(c3ccccc3)c3ccccc3)/C(=C/C=C3Sc4ccccc4[NH+]3CC)CC2)sc2ccccc21. The molecule has 0 saturated carbocycles. The minimum atomic E-state index is 0.949. The summed E-state index contributed by atoms with van der Waals surface area (Å²) in [6.07, 6.45) is 11.5. The zero-order chi connectivity index (χ0) is 29.9. The molecule has 0 spiro atoms. The van der Waals surface area contributed by atoms with Crippen LogP contribution in [0.2, 0.25) is 0 Å². The lowest BCUT2D eigenvalue weighted by Crippen LogP contribution is -3.03. The van der Waals surface area contributed by atoms with E-state index in [0.717, 1.165) is 25.9 Å². The van der Waals surface area contributed by atoms with Crippen LogP contribution in [-0.2, 0) is 6.54 Å². The number of hydrogen-bond acceptors (Lipinski definition) is 3. The van der Waals surface area contributed by atoms with Crippen molar-refractivity contribution in [1.29, 1.82) is 0 Å². The van der Waals surface area contributed by atoms with Gasteiger partial charge in [-0.3, -0.25) is 4.90 Å². The maximum absolute atomic E-state index is 2.46. The van der Waals surface area contributed by atoms with Crippen LogP contribution < -0.4 is 14.4 Å². The van der Waals surface area contributed by atoms with Gasteiger partial charge in [0, 0.05) is 35.7 Å². The van der Waals surface area contributed by atoms with Crippen molar-refractivity contribution in [2.75, 3.05) is 11.4 Å². The first-order chi connectivity index (χ1) is 21.7. The molecule has 218 valence electrons. The summed E-state index contributed by atoms with van der Waals surface area (Å²) in [5.74, 6) is 0. The van der Waals surface area contributed by atoms with Crippen LogP contribution in [0.15, 0.2) is 154 Å². The highest BCUT2D eigenvalue weighted by atomic mass is 32.2. The Labute approximate surface area is 268 Å². The summed E-state index contributed by atoms with van der Waals surface area (Å²) in [5.41, 5.74) is 9.07. The van der Waals surface area contributed by atoms with Gasteiger partial charge in [-0.2, -0.15) is 4.57 Å². The number of hydrogen-bond donors (Lipinski definition) is 1. The molecule has 1 aliphatic carbocycles. The van der Waals surface area contributed by atoms with Gasteiger partial charge in [0.05, 0.1) is 17.1 Å². The molecule has 2 heterocycles. The lowest BCUT2D eigenvalue weighted by molar-refractivity contribution is -0.777. The van der Waals surface area contributed by atoms with Gasteiger partial charge in [-0.15, -0.1) is 0 Å². The number of thiazole rings is 1. The topological polar surface area (TPSA) is 11.6 Å². The van der Waals surface area contributed by atoms with Crippen LogP contribution in [0.3, 0.4) is 0 Å². The Hall–Kier alpha value is -4.16. The predicted molar refractivity (Wildman–Crippen MR) is 188 cm³/mol. The van der Waals surface area contributed by atoms with E-state index in [4.69, 9.17) is 0 Å². The van der Waals surface area contributed by atoms with Crippen LogP contribution in [-0.4, -0.2) is 6.54 Å². The Bertz CT molecular complexity index is 1880. The first kappa shape index (κ1) is 28.6. The zero-order valence-corrected chi connectivity index (χ0v) is 26.9. The van der Waals surface area contributed by atoms with Crippen molar-refractivity contribution in [3.8, 4) is 0 Å². The van der Waals surface area contributed by atoms with Crippen molar-refractivity contribution < 1.29 is 9.47 Å².